The third-order valence-corrected chi connectivity index (χ3v) is 5.93. The number of pyridine rings is 1. The Balaban J connectivity index is 0.000000840. The summed E-state index contributed by atoms with van der Waals surface area (Å²) >= 11 is 0. The second-order valence-corrected chi connectivity index (χ2v) is 8.61. The summed E-state index contributed by atoms with van der Waals surface area (Å²) in [7, 11) is 0. The standard InChI is InChI=1S/C26H31N5O.C4H6/c1-4-6-11-22-30-23-24(20-9-7-8-10-21(20)29-26(23)28)31(22)16-18-13-17(3)25(32-12-5-2)19(14-18)15-27;1-3-4-2/h5,7-10,13-14H,2,4,6,11-12,15-16,27H2,1,3H3,(H2,28,29);3-4H,1-2H2. The van der Waals surface area contributed by atoms with Crippen LogP contribution >= 0.6 is 0 Å². The Labute approximate surface area is 214 Å². The number of anilines is 1. The van der Waals surface area contributed by atoms with Gasteiger partial charge < -0.3 is 20.8 Å². The molecule has 2 aromatic heterocycles. The lowest BCUT2D eigenvalue weighted by Crippen LogP contribution is -2.09. The van der Waals surface area contributed by atoms with Crippen LogP contribution in [0.15, 0.2) is 74.4 Å². The van der Waals surface area contributed by atoms with Gasteiger partial charge in [-0.2, -0.15) is 0 Å². The quantitative estimate of drug-likeness (QED) is 0.205. The predicted octanol–water partition coefficient (Wildman–Crippen LogP) is 6.25. The maximum Gasteiger partial charge on any atom is 0.152 e. The van der Waals surface area contributed by atoms with Gasteiger partial charge in [-0.05, 0) is 36.6 Å². The van der Waals surface area contributed by atoms with E-state index in [1.54, 1.807) is 18.2 Å². The monoisotopic (exact) mass is 483 g/mol. The number of aromatic nitrogens is 3. The van der Waals surface area contributed by atoms with Gasteiger partial charge in [0.1, 0.15) is 23.7 Å². The highest BCUT2D eigenvalue weighted by molar-refractivity contribution is 6.06. The lowest BCUT2D eigenvalue weighted by molar-refractivity contribution is 0.356. The zero-order valence-corrected chi connectivity index (χ0v) is 21.5. The Kier molecular flexibility index (Phi) is 9.42. The van der Waals surface area contributed by atoms with Crippen molar-refractivity contribution in [3.63, 3.8) is 0 Å². The number of hydrogen-bond acceptors (Lipinski definition) is 5. The largest absolute Gasteiger partial charge is 0.489 e. The summed E-state index contributed by atoms with van der Waals surface area (Å²) in [5, 5.41) is 1.06. The highest BCUT2D eigenvalue weighted by atomic mass is 16.5. The minimum absolute atomic E-state index is 0.411. The van der Waals surface area contributed by atoms with E-state index in [1.807, 2.05) is 18.2 Å². The van der Waals surface area contributed by atoms with Crippen LogP contribution in [0.25, 0.3) is 21.9 Å². The van der Waals surface area contributed by atoms with Crippen LogP contribution in [-0.2, 0) is 19.5 Å². The van der Waals surface area contributed by atoms with Crippen molar-refractivity contribution in [1.29, 1.82) is 0 Å². The first-order chi connectivity index (χ1) is 17.5. The lowest BCUT2D eigenvalue weighted by atomic mass is 10.0. The molecule has 4 aromatic rings. The Morgan fingerprint density at radius 1 is 1.08 bits per heavy atom. The summed E-state index contributed by atoms with van der Waals surface area (Å²) in [6.45, 7) is 16.3. The first-order valence-electron chi connectivity index (χ1n) is 12.3. The molecule has 0 atom stereocenters. The molecular formula is C30H37N5O. The molecule has 0 aliphatic heterocycles. The van der Waals surface area contributed by atoms with Gasteiger partial charge >= 0.3 is 0 Å². The van der Waals surface area contributed by atoms with Crippen LogP contribution in [0, 0.1) is 6.92 Å². The number of aryl methyl sites for hydroxylation is 2. The molecule has 188 valence electrons. The number of nitrogens with zero attached hydrogens (tertiary/aromatic N) is 3. The number of benzene rings is 2. The van der Waals surface area contributed by atoms with E-state index >= 15 is 0 Å². The van der Waals surface area contributed by atoms with Gasteiger partial charge in [0.15, 0.2) is 5.82 Å². The van der Waals surface area contributed by atoms with E-state index in [0.717, 1.165) is 69.5 Å². The van der Waals surface area contributed by atoms with E-state index in [4.69, 9.17) is 21.2 Å². The van der Waals surface area contributed by atoms with Crippen LogP contribution in [-0.4, -0.2) is 21.1 Å². The minimum atomic E-state index is 0.411. The SMILES string of the molecule is C=CC=C.C=CCOc1c(C)cc(Cn2c(CCCC)nc3c(N)nc4ccccc4c32)cc1CN. The van der Waals surface area contributed by atoms with E-state index in [2.05, 4.69) is 61.3 Å². The Hall–Kier alpha value is -3.90. The van der Waals surface area contributed by atoms with E-state index < -0.39 is 0 Å². The number of rotatable bonds is 10. The normalized spacial score (nSPS) is 10.6. The van der Waals surface area contributed by atoms with Crippen molar-refractivity contribution in [2.24, 2.45) is 5.73 Å². The second-order valence-electron chi connectivity index (χ2n) is 8.61. The van der Waals surface area contributed by atoms with Crippen LogP contribution < -0.4 is 16.2 Å². The molecule has 0 amide bonds. The molecule has 0 bridgehead atoms. The van der Waals surface area contributed by atoms with Crippen molar-refractivity contribution >= 4 is 27.8 Å². The Morgan fingerprint density at radius 3 is 2.50 bits per heavy atom. The summed E-state index contributed by atoms with van der Waals surface area (Å²) in [6.07, 6.45) is 8.08. The highest BCUT2D eigenvalue weighted by Crippen LogP contribution is 2.31. The molecule has 2 heterocycles. The summed E-state index contributed by atoms with van der Waals surface area (Å²) in [4.78, 5) is 9.52. The molecule has 4 N–H and O–H groups in total. The molecule has 0 unspecified atom stereocenters. The molecule has 0 saturated carbocycles. The fraction of sp³-hybridized carbons (Fsp3) is 0.267. The van der Waals surface area contributed by atoms with Gasteiger partial charge in [-0.3, -0.25) is 0 Å². The van der Waals surface area contributed by atoms with Crippen molar-refractivity contribution in [3.8, 4) is 5.75 Å². The lowest BCUT2D eigenvalue weighted by Gasteiger charge is -2.16. The zero-order chi connectivity index (χ0) is 26.1. The number of unbranched alkanes of at least 4 members (excludes halogenated alkanes) is 1. The minimum Gasteiger partial charge on any atom is -0.489 e. The molecule has 6 heteroatoms. The van der Waals surface area contributed by atoms with E-state index in [-0.39, 0.29) is 0 Å². The fourth-order valence-corrected chi connectivity index (χ4v) is 4.30. The molecule has 6 nitrogen and oxygen atoms in total. The number of para-hydroxylation sites is 1. The van der Waals surface area contributed by atoms with Crippen LogP contribution in [0.5, 0.6) is 5.75 Å². The maximum absolute atomic E-state index is 6.33. The molecule has 0 saturated heterocycles. The third-order valence-electron chi connectivity index (χ3n) is 5.93. The van der Waals surface area contributed by atoms with Crippen LogP contribution in [0.1, 0.15) is 42.3 Å². The zero-order valence-electron chi connectivity index (χ0n) is 21.5. The van der Waals surface area contributed by atoms with E-state index in [9.17, 15) is 0 Å². The van der Waals surface area contributed by atoms with Gasteiger partial charge in [0.25, 0.3) is 0 Å². The Bertz CT molecular complexity index is 1360. The summed E-state index contributed by atoms with van der Waals surface area (Å²) in [6, 6.07) is 12.4. The van der Waals surface area contributed by atoms with Gasteiger partial charge in [-0.15, -0.1) is 0 Å². The summed E-state index contributed by atoms with van der Waals surface area (Å²) in [5.74, 6) is 2.35. The number of nitrogen functional groups attached to an aromatic ring is 1. The van der Waals surface area contributed by atoms with Crippen molar-refractivity contribution < 1.29 is 4.74 Å². The molecule has 0 aliphatic carbocycles. The molecule has 0 aliphatic rings. The van der Waals surface area contributed by atoms with Crippen molar-refractivity contribution in [1.82, 2.24) is 14.5 Å². The van der Waals surface area contributed by atoms with Crippen molar-refractivity contribution in [2.75, 3.05) is 12.3 Å². The molecule has 4 rings (SSSR count). The Morgan fingerprint density at radius 2 is 1.83 bits per heavy atom. The molecular weight excluding hydrogens is 446 g/mol. The van der Waals surface area contributed by atoms with Gasteiger partial charge in [-0.25, -0.2) is 9.97 Å². The predicted molar refractivity (Wildman–Crippen MR) is 152 cm³/mol. The first-order valence-corrected chi connectivity index (χ1v) is 12.3. The van der Waals surface area contributed by atoms with E-state index in [1.165, 1.54) is 0 Å². The second kappa shape index (κ2) is 12.7. The number of nitrogens with two attached hydrogens (primary N) is 2. The van der Waals surface area contributed by atoms with Gasteiger partial charge in [0, 0.05) is 30.5 Å². The molecule has 0 radical (unpaired) electrons. The number of fused-ring (bicyclic) bond motifs is 3. The molecule has 0 fully saturated rings. The van der Waals surface area contributed by atoms with E-state index in [0.29, 0.717) is 25.5 Å². The average Bonchev–Trinajstić information content (AvgIpc) is 3.25. The topological polar surface area (TPSA) is 92.0 Å². The number of hydrogen-bond donors (Lipinski definition) is 2. The third kappa shape index (κ3) is 5.83. The molecule has 0 spiro atoms. The van der Waals surface area contributed by atoms with Crippen LogP contribution in [0.4, 0.5) is 5.82 Å². The summed E-state index contributed by atoms with van der Waals surface area (Å²) < 4.78 is 8.17. The fourth-order valence-electron chi connectivity index (χ4n) is 4.30. The van der Waals surface area contributed by atoms with Gasteiger partial charge in [0.2, 0.25) is 0 Å². The molecule has 36 heavy (non-hydrogen) atoms. The van der Waals surface area contributed by atoms with Crippen molar-refractivity contribution in [2.45, 2.75) is 46.2 Å². The average molecular weight is 484 g/mol. The number of allylic oxidation sites excluding steroid dienone is 2. The number of ether oxygens (including phenoxy) is 1. The van der Waals surface area contributed by atoms with Crippen LogP contribution in [0.3, 0.4) is 0 Å². The summed E-state index contributed by atoms with van der Waals surface area (Å²) in [5.41, 5.74) is 18.3. The highest BCUT2D eigenvalue weighted by Gasteiger charge is 2.18. The maximum atomic E-state index is 6.33. The smallest absolute Gasteiger partial charge is 0.152 e. The van der Waals surface area contributed by atoms with Crippen molar-refractivity contribution in [3.05, 3.63) is 96.9 Å². The number of imidazole rings is 1. The first kappa shape index (κ1) is 26.7. The van der Waals surface area contributed by atoms with Gasteiger partial charge in [-0.1, -0.05) is 75.6 Å². The van der Waals surface area contributed by atoms with Gasteiger partial charge in [0.05, 0.1) is 11.0 Å². The molecule has 2 aromatic carbocycles. The van der Waals surface area contributed by atoms with Crippen LogP contribution in [0.2, 0.25) is 0 Å².